The zero-order valence-electron chi connectivity index (χ0n) is 15.2. The van der Waals surface area contributed by atoms with Gasteiger partial charge >= 0.3 is 0 Å². The van der Waals surface area contributed by atoms with Gasteiger partial charge in [0.25, 0.3) is 5.91 Å². The van der Waals surface area contributed by atoms with E-state index >= 15 is 0 Å². The second kappa shape index (κ2) is 7.32. The zero-order chi connectivity index (χ0) is 19.8. The summed E-state index contributed by atoms with van der Waals surface area (Å²) in [6, 6.07) is 26.2. The summed E-state index contributed by atoms with van der Waals surface area (Å²) in [6.07, 6.45) is 1.71. The molecule has 3 nitrogen and oxygen atoms in total. The molecule has 4 aromatic carbocycles. The number of rotatable bonds is 3. The summed E-state index contributed by atoms with van der Waals surface area (Å²) in [7, 11) is 0. The number of nitrogens with zero attached hydrogens (tertiary/aromatic N) is 1. The van der Waals surface area contributed by atoms with Gasteiger partial charge in [0.15, 0.2) is 0 Å². The minimum absolute atomic E-state index is 0.308. The number of halogens is 1. The van der Waals surface area contributed by atoms with Crippen molar-refractivity contribution in [3.8, 4) is 0 Å². The van der Waals surface area contributed by atoms with Crippen LogP contribution >= 0.6 is 22.9 Å². The number of amides is 1. The van der Waals surface area contributed by atoms with E-state index in [4.69, 9.17) is 11.6 Å². The predicted molar refractivity (Wildman–Crippen MR) is 123 cm³/mol. The maximum absolute atomic E-state index is 12.7. The number of carbonyl (C=O) groups excluding carboxylic acids is 1. The summed E-state index contributed by atoms with van der Waals surface area (Å²) in [5.74, 6) is -0.308. The molecule has 0 saturated heterocycles. The van der Waals surface area contributed by atoms with Crippen molar-refractivity contribution in [2.24, 2.45) is 5.10 Å². The van der Waals surface area contributed by atoms with Crippen LogP contribution in [0.3, 0.4) is 0 Å². The molecule has 29 heavy (non-hydrogen) atoms. The van der Waals surface area contributed by atoms with E-state index in [0.29, 0.717) is 9.90 Å². The van der Waals surface area contributed by atoms with Crippen LogP contribution in [0.2, 0.25) is 5.02 Å². The van der Waals surface area contributed by atoms with Crippen LogP contribution in [0.15, 0.2) is 84.0 Å². The van der Waals surface area contributed by atoms with E-state index < -0.39 is 0 Å². The van der Waals surface area contributed by atoms with E-state index in [0.717, 1.165) is 37.2 Å². The van der Waals surface area contributed by atoms with E-state index in [-0.39, 0.29) is 5.91 Å². The molecule has 1 N–H and O–H groups in total. The molecule has 0 radical (unpaired) electrons. The number of hydrogen-bond acceptors (Lipinski definition) is 3. The van der Waals surface area contributed by atoms with Crippen LogP contribution in [0.4, 0.5) is 0 Å². The first-order chi connectivity index (χ1) is 14.2. The van der Waals surface area contributed by atoms with Gasteiger partial charge in [0, 0.05) is 15.6 Å². The Bertz CT molecular complexity index is 1370. The second-order valence-corrected chi connectivity index (χ2v) is 8.10. The SMILES string of the molecule is O=C(NN=Cc1c2ccccc2cc2ccccc12)c1sc2ccccc2c1Cl. The molecule has 5 aromatic rings. The Kier molecular flexibility index (Phi) is 4.51. The molecule has 0 spiro atoms. The van der Waals surface area contributed by atoms with Gasteiger partial charge in [-0.2, -0.15) is 5.10 Å². The minimum atomic E-state index is -0.308. The molecule has 5 heteroatoms. The van der Waals surface area contributed by atoms with Crippen molar-refractivity contribution < 1.29 is 4.79 Å². The highest BCUT2D eigenvalue weighted by molar-refractivity contribution is 7.21. The highest BCUT2D eigenvalue weighted by atomic mass is 35.5. The zero-order valence-corrected chi connectivity index (χ0v) is 16.8. The monoisotopic (exact) mass is 414 g/mol. The van der Waals surface area contributed by atoms with Crippen molar-refractivity contribution in [3.63, 3.8) is 0 Å². The third kappa shape index (κ3) is 3.16. The first-order valence-corrected chi connectivity index (χ1v) is 10.3. The van der Waals surface area contributed by atoms with Crippen molar-refractivity contribution in [2.75, 3.05) is 0 Å². The molecule has 0 bridgehead atoms. The summed E-state index contributed by atoms with van der Waals surface area (Å²) < 4.78 is 0.978. The van der Waals surface area contributed by atoms with Gasteiger partial charge in [-0.05, 0) is 33.7 Å². The van der Waals surface area contributed by atoms with Crippen LogP contribution in [0.1, 0.15) is 15.2 Å². The number of nitrogens with one attached hydrogen (secondary N) is 1. The van der Waals surface area contributed by atoms with Crippen LogP contribution in [0.25, 0.3) is 31.6 Å². The normalized spacial score (nSPS) is 11.6. The summed E-state index contributed by atoms with van der Waals surface area (Å²) in [6.45, 7) is 0. The van der Waals surface area contributed by atoms with E-state index in [1.165, 1.54) is 11.3 Å². The van der Waals surface area contributed by atoms with Gasteiger partial charge in [0.2, 0.25) is 0 Å². The first-order valence-electron chi connectivity index (χ1n) is 9.13. The smallest absolute Gasteiger partial charge is 0.266 e. The number of fused-ring (bicyclic) bond motifs is 3. The fourth-order valence-corrected chi connectivity index (χ4v) is 4.96. The number of thiophene rings is 1. The maximum Gasteiger partial charge on any atom is 0.283 e. The molecule has 0 saturated carbocycles. The molecule has 0 aliphatic rings. The molecular formula is C24H15ClN2OS. The Morgan fingerprint density at radius 3 is 2.10 bits per heavy atom. The van der Waals surface area contributed by atoms with Crippen molar-refractivity contribution in [1.29, 1.82) is 0 Å². The minimum Gasteiger partial charge on any atom is -0.266 e. The molecule has 0 atom stereocenters. The Morgan fingerprint density at radius 2 is 1.45 bits per heavy atom. The lowest BCUT2D eigenvalue weighted by Crippen LogP contribution is -2.16. The van der Waals surface area contributed by atoms with E-state index in [1.807, 2.05) is 48.5 Å². The molecule has 1 amide bonds. The van der Waals surface area contributed by atoms with Gasteiger partial charge in [0.1, 0.15) is 4.88 Å². The number of benzene rings is 4. The molecule has 0 aliphatic heterocycles. The van der Waals surface area contributed by atoms with Gasteiger partial charge in [-0.25, -0.2) is 5.43 Å². The quantitative estimate of drug-likeness (QED) is 0.201. The second-order valence-electron chi connectivity index (χ2n) is 6.67. The Labute approximate surface area is 176 Å². The van der Waals surface area contributed by atoms with Crippen molar-refractivity contribution >= 4 is 66.7 Å². The van der Waals surface area contributed by atoms with Gasteiger partial charge in [-0.1, -0.05) is 78.3 Å². The van der Waals surface area contributed by atoms with Crippen molar-refractivity contribution in [2.45, 2.75) is 0 Å². The van der Waals surface area contributed by atoms with Crippen LogP contribution in [-0.2, 0) is 0 Å². The fourth-order valence-electron chi connectivity index (χ4n) is 3.55. The summed E-state index contributed by atoms with van der Waals surface area (Å²) >= 11 is 7.77. The largest absolute Gasteiger partial charge is 0.283 e. The first kappa shape index (κ1) is 17.9. The number of hydrazone groups is 1. The third-order valence-electron chi connectivity index (χ3n) is 4.91. The van der Waals surface area contributed by atoms with Crippen LogP contribution < -0.4 is 5.43 Å². The summed E-state index contributed by atoms with van der Waals surface area (Å²) in [5.41, 5.74) is 3.61. The van der Waals surface area contributed by atoms with E-state index in [9.17, 15) is 4.79 Å². The standard InChI is InChI=1S/C24H15ClN2OS/c25-22-19-11-5-6-12-21(19)29-23(22)24(28)27-26-14-20-17-9-3-1-7-15(17)13-16-8-2-4-10-18(16)20/h1-14H,(H,27,28). The molecule has 0 fully saturated rings. The highest BCUT2D eigenvalue weighted by Crippen LogP contribution is 2.35. The lowest BCUT2D eigenvalue weighted by atomic mass is 9.97. The van der Waals surface area contributed by atoms with Crippen LogP contribution in [-0.4, -0.2) is 12.1 Å². The Balaban J connectivity index is 1.52. The van der Waals surface area contributed by atoms with Gasteiger partial charge < -0.3 is 0 Å². The molecule has 1 heterocycles. The Morgan fingerprint density at radius 1 is 0.862 bits per heavy atom. The summed E-state index contributed by atoms with van der Waals surface area (Å²) in [4.78, 5) is 13.1. The third-order valence-corrected chi connectivity index (χ3v) is 6.59. The molecule has 5 rings (SSSR count). The average molecular weight is 415 g/mol. The van der Waals surface area contributed by atoms with Gasteiger partial charge in [0.05, 0.1) is 11.2 Å². The molecular weight excluding hydrogens is 400 g/mol. The maximum atomic E-state index is 12.7. The van der Waals surface area contributed by atoms with Crippen LogP contribution in [0, 0.1) is 0 Å². The van der Waals surface area contributed by atoms with Gasteiger partial charge in [-0.3, -0.25) is 4.79 Å². The van der Waals surface area contributed by atoms with E-state index in [1.54, 1.807) is 6.21 Å². The average Bonchev–Trinajstić information content (AvgIpc) is 3.10. The predicted octanol–water partition coefficient (Wildman–Crippen LogP) is 6.63. The highest BCUT2D eigenvalue weighted by Gasteiger charge is 2.16. The molecule has 0 unspecified atom stereocenters. The van der Waals surface area contributed by atoms with Crippen LogP contribution in [0.5, 0.6) is 0 Å². The lowest BCUT2D eigenvalue weighted by molar-refractivity contribution is 0.0959. The molecule has 0 aliphatic carbocycles. The topological polar surface area (TPSA) is 41.5 Å². The molecule has 1 aromatic heterocycles. The van der Waals surface area contributed by atoms with E-state index in [2.05, 4.69) is 40.9 Å². The Hall–Kier alpha value is -3.21. The number of carbonyl (C=O) groups is 1. The molecule has 140 valence electrons. The van der Waals surface area contributed by atoms with Crippen molar-refractivity contribution in [3.05, 3.63) is 94.3 Å². The fraction of sp³-hybridized carbons (Fsp3) is 0. The number of hydrogen-bond donors (Lipinski definition) is 1. The van der Waals surface area contributed by atoms with Gasteiger partial charge in [-0.15, -0.1) is 11.3 Å². The lowest BCUT2D eigenvalue weighted by Gasteiger charge is -2.07. The summed E-state index contributed by atoms with van der Waals surface area (Å²) in [5, 5.41) is 10.0. The van der Waals surface area contributed by atoms with Crippen molar-refractivity contribution in [1.82, 2.24) is 5.43 Å².